The van der Waals surface area contributed by atoms with E-state index in [4.69, 9.17) is 30.5 Å². The van der Waals surface area contributed by atoms with E-state index in [0.717, 1.165) is 11.3 Å². The van der Waals surface area contributed by atoms with Crippen molar-refractivity contribution >= 4 is 29.6 Å². The Hall–Kier alpha value is -2.99. The normalized spacial score (nSPS) is 15.5. The third kappa shape index (κ3) is 4.64. The number of rotatable bonds is 5. The summed E-state index contributed by atoms with van der Waals surface area (Å²) in [7, 11) is 1.59. The van der Waals surface area contributed by atoms with Crippen molar-refractivity contribution in [3.05, 3.63) is 64.2 Å². The number of halogens is 1. The van der Waals surface area contributed by atoms with Gasteiger partial charge in [-0.25, -0.2) is 9.59 Å². The van der Waals surface area contributed by atoms with Crippen LogP contribution >= 0.6 is 11.6 Å². The summed E-state index contributed by atoms with van der Waals surface area (Å²) in [5, 5.41) is 0.429. The van der Waals surface area contributed by atoms with Crippen molar-refractivity contribution in [1.29, 1.82) is 0 Å². The van der Waals surface area contributed by atoms with Crippen molar-refractivity contribution in [3.8, 4) is 11.5 Å². The van der Waals surface area contributed by atoms with Gasteiger partial charge in [-0.05, 0) is 42.0 Å². The van der Waals surface area contributed by atoms with E-state index in [1.165, 1.54) is 19.9 Å². The van der Waals surface area contributed by atoms with Gasteiger partial charge in [-0.3, -0.25) is 0 Å². The summed E-state index contributed by atoms with van der Waals surface area (Å²) in [5.41, 5.74) is 1.12. The van der Waals surface area contributed by atoms with Gasteiger partial charge >= 0.3 is 11.9 Å². The predicted molar refractivity (Wildman–Crippen MR) is 103 cm³/mol. The summed E-state index contributed by atoms with van der Waals surface area (Å²) in [5.74, 6) is -1.66. The summed E-state index contributed by atoms with van der Waals surface area (Å²) >= 11 is 6.08. The first-order valence-corrected chi connectivity index (χ1v) is 8.89. The molecule has 6 nitrogen and oxygen atoms in total. The SMILES string of the molecule is COc1cccc(COc2ccc(Cl)cc2C=C2C(=O)OC(C)(C)OC2=O)c1. The molecule has 3 rings (SSSR count). The summed E-state index contributed by atoms with van der Waals surface area (Å²) in [4.78, 5) is 24.4. The van der Waals surface area contributed by atoms with Crippen LogP contribution in [-0.2, 0) is 25.7 Å². The second-order valence-corrected chi connectivity index (χ2v) is 7.00. The van der Waals surface area contributed by atoms with Crippen LogP contribution in [0.4, 0.5) is 0 Å². The minimum absolute atomic E-state index is 0.229. The molecular weight excluding hydrogens is 384 g/mol. The fraction of sp³-hybridized carbons (Fsp3) is 0.238. The molecule has 0 radical (unpaired) electrons. The highest BCUT2D eigenvalue weighted by molar-refractivity contribution is 6.30. The van der Waals surface area contributed by atoms with Crippen LogP contribution in [0.25, 0.3) is 6.08 Å². The molecule has 0 unspecified atom stereocenters. The smallest absolute Gasteiger partial charge is 0.348 e. The third-order valence-corrected chi connectivity index (χ3v) is 4.15. The van der Waals surface area contributed by atoms with Gasteiger partial charge in [0.15, 0.2) is 0 Å². The third-order valence-electron chi connectivity index (χ3n) is 3.92. The first-order valence-electron chi connectivity index (χ1n) is 8.51. The van der Waals surface area contributed by atoms with Gasteiger partial charge in [0.2, 0.25) is 0 Å². The summed E-state index contributed by atoms with van der Waals surface area (Å²) < 4.78 is 21.3. The van der Waals surface area contributed by atoms with Crippen molar-refractivity contribution in [2.24, 2.45) is 0 Å². The van der Waals surface area contributed by atoms with Gasteiger partial charge in [0, 0.05) is 24.4 Å². The van der Waals surface area contributed by atoms with Gasteiger partial charge in [0.05, 0.1) is 7.11 Å². The molecule has 1 aliphatic heterocycles. The second-order valence-electron chi connectivity index (χ2n) is 6.56. The van der Waals surface area contributed by atoms with Crippen LogP contribution in [0, 0.1) is 0 Å². The van der Waals surface area contributed by atoms with Crippen LogP contribution in [0.1, 0.15) is 25.0 Å². The maximum Gasteiger partial charge on any atom is 0.348 e. The lowest BCUT2D eigenvalue weighted by molar-refractivity contribution is -0.222. The Morgan fingerprint density at radius 2 is 1.79 bits per heavy atom. The van der Waals surface area contributed by atoms with Crippen molar-refractivity contribution < 1.29 is 28.5 Å². The standard InChI is InChI=1S/C21H19ClO6/c1-21(2)27-19(23)17(20(24)28-21)11-14-10-15(22)7-8-18(14)26-12-13-5-4-6-16(9-13)25-3/h4-11H,12H2,1-3H3. The summed E-state index contributed by atoms with van der Waals surface area (Å²) in [6.45, 7) is 3.24. The fourth-order valence-electron chi connectivity index (χ4n) is 2.62. The average Bonchev–Trinajstić information content (AvgIpc) is 2.63. The number of carbonyl (C=O) groups excluding carboxylic acids is 2. The molecule has 28 heavy (non-hydrogen) atoms. The quantitative estimate of drug-likeness (QED) is 0.425. The zero-order valence-corrected chi connectivity index (χ0v) is 16.4. The Labute approximate surface area is 167 Å². The highest BCUT2D eigenvalue weighted by Gasteiger charge is 2.39. The molecule has 1 saturated heterocycles. The van der Waals surface area contributed by atoms with Crippen molar-refractivity contribution in [2.75, 3.05) is 7.11 Å². The van der Waals surface area contributed by atoms with Crippen LogP contribution in [-0.4, -0.2) is 24.8 Å². The van der Waals surface area contributed by atoms with Gasteiger partial charge in [-0.1, -0.05) is 23.7 Å². The van der Waals surface area contributed by atoms with Crippen LogP contribution in [0.15, 0.2) is 48.0 Å². The molecule has 0 saturated carbocycles. The predicted octanol–water partition coefficient (Wildman–Crippen LogP) is 4.15. The van der Waals surface area contributed by atoms with E-state index in [9.17, 15) is 9.59 Å². The van der Waals surface area contributed by atoms with Gasteiger partial charge in [0.1, 0.15) is 23.7 Å². The Balaban J connectivity index is 1.86. The van der Waals surface area contributed by atoms with E-state index in [-0.39, 0.29) is 12.2 Å². The molecule has 1 fully saturated rings. The Kier molecular flexibility index (Phi) is 5.61. The first-order chi connectivity index (χ1) is 13.3. The zero-order valence-electron chi connectivity index (χ0n) is 15.7. The van der Waals surface area contributed by atoms with Gasteiger partial charge < -0.3 is 18.9 Å². The molecule has 0 aliphatic carbocycles. The van der Waals surface area contributed by atoms with E-state index < -0.39 is 17.7 Å². The molecule has 0 spiro atoms. The molecule has 1 heterocycles. The fourth-order valence-corrected chi connectivity index (χ4v) is 2.80. The molecular formula is C21H19ClO6. The van der Waals surface area contributed by atoms with E-state index in [2.05, 4.69) is 0 Å². The Morgan fingerprint density at radius 1 is 1.07 bits per heavy atom. The molecule has 146 valence electrons. The Bertz CT molecular complexity index is 926. The molecule has 7 heteroatoms. The molecule has 0 atom stereocenters. The topological polar surface area (TPSA) is 71.1 Å². The minimum Gasteiger partial charge on any atom is -0.497 e. The molecule has 0 bridgehead atoms. The summed E-state index contributed by atoms with van der Waals surface area (Å²) in [6.07, 6.45) is 1.35. The number of cyclic esters (lactones) is 2. The van der Waals surface area contributed by atoms with E-state index in [1.54, 1.807) is 25.3 Å². The number of hydrogen-bond acceptors (Lipinski definition) is 6. The first kappa shape index (κ1) is 19.8. The highest BCUT2D eigenvalue weighted by Crippen LogP contribution is 2.29. The van der Waals surface area contributed by atoms with E-state index >= 15 is 0 Å². The molecule has 2 aromatic rings. The maximum atomic E-state index is 12.2. The number of ether oxygens (including phenoxy) is 4. The van der Waals surface area contributed by atoms with Crippen molar-refractivity contribution in [1.82, 2.24) is 0 Å². The number of carbonyl (C=O) groups is 2. The molecule has 0 aromatic heterocycles. The van der Waals surface area contributed by atoms with Crippen molar-refractivity contribution in [2.45, 2.75) is 26.2 Å². The number of benzene rings is 2. The highest BCUT2D eigenvalue weighted by atomic mass is 35.5. The Morgan fingerprint density at radius 3 is 2.46 bits per heavy atom. The van der Waals surface area contributed by atoms with Crippen molar-refractivity contribution in [3.63, 3.8) is 0 Å². The maximum absolute atomic E-state index is 12.2. The van der Waals surface area contributed by atoms with Gasteiger partial charge in [-0.15, -0.1) is 0 Å². The van der Waals surface area contributed by atoms with Crippen LogP contribution in [0.3, 0.4) is 0 Å². The summed E-state index contributed by atoms with van der Waals surface area (Å²) in [6, 6.07) is 12.4. The number of hydrogen-bond donors (Lipinski definition) is 0. The van der Waals surface area contributed by atoms with Gasteiger partial charge in [-0.2, -0.15) is 0 Å². The lowest BCUT2D eigenvalue weighted by Gasteiger charge is -2.29. The van der Waals surface area contributed by atoms with Crippen LogP contribution in [0.2, 0.25) is 5.02 Å². The monoisotopic (exact) mass is 402 g/mol. The largest absolute Gasteiger partial charge is 0.497 e. The lowest BCUT2D eigenvalue weighted by atomic mass is 10.1. The second kappa shape index (κ2) is 7.94. The lowest BCUT2D eigenvalue weighted by Crippen LogP contribution is -2.41. The van der Waals surface area contributed by atoms with Gasteiger partial charge in [0.25, 0.3) is 5.79 Å². The molecule has 2 aromatic carbocycles. The molecule has 0 N–H and O–H groups in total. The zero-order chi connectivity index (χ0) is 20.3. The van der Waals surface area contributed by atoms with E-state index in [0.29, 0.717) is 16.3 Å². The molecule has 0 amide bonds. The number of esters is 2. The minimum atomic E-state index is -1.30. The van der Waals surface area contributed by atoms with E-state index in [1.807, 2.05) is 24.3 Å². The number of methoxy groups -OCH3 is 1. The van der Waals surface area contributed by atoms with Crippen LogP contribution in [0.5, 0.6) is 11.5 Å². The average molecular weight is 403 g/mol. The van der Waals surface area contributed by atoms with Crippen LogP contribution < -0.4 is 9.47 Å². The molecule has 1 aliphatic rings.